The molecule has 0 aliphatic heterocycles. The summed E-state index contributed by atoms with van der Waals surface area (Å²) in [6.07, 6.45) is 1.61. The summed E-state index contributed by atoms with van der Waals surface area (Å²) in [7, 11) is 0. The average molecular weight is 357 g/mol. The van der Waals surface area contributed by atoms with Gasteiger partial charge in [0, 0.05) is 17.6 Å². The summed E-state index contributed by atoms with van der Waals surface area (Å²) in [6.45, 7) is 2.55. The zero-order valence-corrected chi connectivity index (χ0v) is 14.4. The molecule has 7 heteroatoms. The number of hydrogen-bond donors (Lipinski definition) is 2. The smallest absolute Gasteiger partial charge is 0.270 e. The van der Waals surface area contributed by atoms with E-state index >= 15 is 0 Å². The van der Waals surface area contributed by atoms with Gasteiger partial charge in [0.25, 0.3) is 5.91 Å². The predicted molar refractivity (Wildman–Crippen MR) is 95.4 cm³/mol. The highest BCUT2D eigenvalue weighted by atomic mass is 35.5. The van der Waals surface area contributed by atoms with Crippen LogP contribution in [-0.2, 0) is 13.1 Å². The maximum Gasteiger partial charge on any atom is 0.270 e. The molecule has 2 N–H and O–H groups in total. The highest BCUT2D eigenvalue weighted by molar-refractivity contribution is 6.31. The number of nitrogens with one attached hydrogen (secondary N) is 2. The molecule has 3 rings (SSSR count). The second-order valence-corrected chi connectivity index (χ2v) is 5.80. The summed E-state index contributed by atoms with van der Waals surface area (Å²) < 4.78 is 5.26. The molecule has 6 nitrogen and oxygen atoms in total. The van der Waals surface area contributed by atoms with Crippen molar-refractivity contribution in [3.63, 3.8) is 0 Å². The molecular formula is C18H17ClN4O2. The quantitative estimate of drug-likeness (QED) is 0.705. The first kappa shape index (κ1) is 17.0. The molecule has 2 heterocycles. The minimum atomic E-state index is -0.286. The van der Waals surface area contributed by atoms with Crippen molar-refractivity contribution in [2.75, 3.05) is 5.32 Å². The van der Waals surface area contributed by atoms with E-state index in [4.69, 9.17) is 16.0 Å². The summed E-state index contributed by atoms with van der Waals surface area (Å²) in [5.74, 6) is 1.56. The van der Waals surface area contributed by atoms with Crippen molar-refractivity contribution >= 4 is 23.3 Å². The maximum absolute atomic E-state index is 12.4. The summed E-state index contributed by atoms with van der Waals surface area (Å²) in [5.41, 5.74) is 1.14. The highest BCUT2D eigenvalue weighted by Crippen LogP contribution is 2.15. The van der Waals surface area contributed by atoms with Crippen LogP contribution in [-0.4, -0.2) is 15.9 Å². The molecule has 0 spiro atoms. The van der Waals surface area contributed by atoms with E-state index in [1.807, 2.05) is 30.3 Å². The molecular weight excluding hydrogens is 340 g/mol. The summed E-state index contributed by atoms with van der Waals surface area (Å²) in [6, 6.07) is 12.7. The number of aromatic nitrogens is 2. The molecule has 0 unspecified atom stereocenters. The average Bonchev–Trinajstić information content (AvgIpc) is 3.12. The number of anilines is 1. The van der Waals surface area contributed by atoms with E-state index in [1.54, 1.807) is 25.3 Å². The minimum Gasteiger partial charge on any atom is -0.467 e. The fourth-order valence-corrected chi connectivity index (χ4v) is 2.48. The minimum absolute atomic E-state index is 0.286. The van der Waals surface area contributed by atoms with Crippen LogP contribution in [0.1, 0.15) is 27.6 Å². The standard InChI is InChI=1S/C18H17ClN4O2/c1-12-22-16(9-17(23-12)20-11-14-6-4-8-25-14)18(24)21-10-13-5-2-3-7-15(13)19/h2-9H,10-11H2,1H3,(H,21,24)(H,20,22,23). The van der Waals surface area contributed by atoms with E-state index in [-0.39, 0.29) is 5.91 Å². The van der Waals surface area contributed by atoms with Gasteiger partial charge in [-0.1, -0.05) is 29.8 Å². The van der Waals surface area contributed by atoms with Crippen molar-refractivity contribution < 1.29 is 9.21 Å². The molecule has 1 aromatic carbocycles. The van der Waals surface area contributed by atoms with Gasteiger partial charge in [-0.15, -0.1) is 0 Å². The number of rotatable bonds is 6. The third-order valence-electron chi connectivity index (χ3n) is 3.49. The number of aryl methyl sites for hydroxylation is 1. The summed E-state index contributed by atoms with van der Waals surface area (Å²) >= 11 is 6.10. The van der Waals surface area contributed by atoms with Crippen LogP contribution >= 0.6 is 11.6 Å². The molecule has 128 valence electrons. The van der Waals surface area contributed by atoms with Crippen LogP contribution < -0.4 is 10.6 Å². The third kappa shape index (κ3) is 4.58. The molecule has 0 aliphatic carbocycles. The Kier molecular flexibility index (Phi) is 5.30. The second kappa shape index (κ2) is 7.81. The lowest BCUT2D eigenvalue weighted by Gasteiger charge is -2.09. The van der Waals surface area contributed by atoms with Crippen molar-refractivity contribution in [3.8, 4) is 0 Å². The molecule has 25 heavy (non-hydrogen) atoms. The second-order valence-electron chi connectivity index (χ2n) is 5.39. The van der Waals surface area contributed by atoms with E-state index in [0.717, 1.165) is 11.3 Å². The van der Waals surface area contributed by atoms with Crippen LogP contribution in [0.25, 0.3) is 0 Å². The Balaban J connectivity index is 1.66. The van der Waals surface area contributed by atoms with E-state index < -0.39 is 0 Å². The largest absolute Gasteiger partial charge is 0.467 e. The van der Waals surface area contributed by atoms with Crippen LogP contribution in [0, 0.1) is 6.92 Å². The monoisotopic (exact) mass is 356 g/mol. The van der Waals surface area contributed by atoms with E-state index in [9.17, 15) is 4.79 Å². The molecule has 2 aromatic heterocycles. The zero-order valence-electron chi connectivity index (χ0n) is 13.6. The molecule has 0 radical (unpaired) electrons. The normalized spacial score (nSPS) is 10.5. The van der Waals surface area contributed by atoms with Crippen LogP contribution in [0.4, 0.5) is 5.82 Å². The molecule has 1 amide bonds. The van der Waals surface area contributed by atoms with Gasteiger partial charge >= 0.3 is 0 Å². The van der Waals surface area contributed by atoms with Gasteiger partial charge in [-0.3, -0.25) is 4.79 Å². The van der Waals surface area contributed by atoms with Crippen LogP contribution in [0.3, 0.4) is 0 Å². The predicted octanol–water partition coefficient (Wildman–Crippen LogP) is 3.57. The molecule has 0 aliphatic rings. The summed E-state index contributed by atoms with van der Waals surface area (Å²) in [4.78, 5) is 20.9. The number of nitrogens with zero attached hydrogens (tertiary/aromatic N) is 2. The van der Waals surface area contributed by atoms with Gasteiger partial charge in [-0.05, 0) is 30.7 Å². The molecule has 3 aromatic rings. The SMILES string of the molecule is Cc1nc(NCc2ccco2)cc(C(=O)NCc2ccccc2Cl)n1. The van der Waals surface area contributed by atoms with Gasteiger partial charge in [0.2, 0.25) is 0 Å². The summed E-state index contributed by atoms with van der Waals surface area (Å²) in [5, 5.41) is 6.55. The topological polar surface area (TPSA) is 80.0 Å². The maximum atomic E-state index is 12.4. The van der Waals surface area contributed by atoms with E-state index in [0.29, 0.717) is 35.4 Å². The Hall–Kier alpha value is -2.86. The lowest BCUT2D eigenvalue weighted by Crippen LogP contribution is -2.24. The van der Waals surface area contributed by atoms with Crippen LogP contribution in [0.15, 0.2) is 53.1 Å². The highest BCUT2D eigenvalue weighted by Gasteiger charge is 2.11. The van der Waals surface area contributed by atoms with Crippen molar-refractivity contribution in [1.29, 1.82) is 0 Å². The van der Waals surface area contributed by atoms with Gasteiger partial charge in [-0.2, -0.15) is 0 Å². The fraction of sp³-hybridized carbons (Fsp3) is 0.167. The number of carbonyl (C=O) groups excluding carboxylic acids is 1. The lowest BCUT2D eigenvalue weighted by molar-refractivity contribution is 0.0945. The van der Waals surface area contributed by atoms with Crippen molar-refractivity contribution in [3.05, 3.63) is 76.6 Å². The van der Waals surface area contributed by atoms with Crippen molar-refractivity contribution in [2.24, 2.45) is 0 Å². The molecule has 0 fully saturated rings. The van der Waals surface area contributed by atoms with Crippen molar-refractivity contribution in [2.45, 2.75) is 20.0 Å². The molecule has 0 atom stereocenters. The number of furan rings is 1. The van der Waals surface area contributed by atoms with Gasteiger partial charge in [0.15, 0.2) is 0 Å². The van der Waals surface area contributed by atoms with E-state index in [2.05, 4.69) is 20.6 Å². The van der Waals surface area contributed by atoms with Crippen molar-refractivity contribution in [1.82, 2.24) is 15.3 Å². The number of hydrogen-bond acceptors (Lipinski definition) is 5. The first-order chi connectivity index (χ1) is 12.1. The molecule has 0 saturated heterocycles. The van der Waals surface area contributed by atoms with Gasteiger partial charge in [0.1, 0.15) is 23.1 Å². The number of benzene rings is 1. The Morgan fingerprint density at radius 2 is 2.00 bits per heavy atom. The molecule has 0 bridgehead atoms. The third-order valence-corrected chi connectivity index (χ3v) is 3.86. The number of halogens is 1. The van der Waals surface area contributed by atoms with Crippen LogP contribution in [0.2, 0.25) is 5.02 Å². The number of amides is 1. The van der Waals surface area contributed by atoms with Gasteiger partial charge in [-0.25, -0.2) is 9.97 Å². The lowest BCUT2D eigenvalue weighted by atomic mass is 10.2. The Morgan fingerprint density at radius 1 is 1.16 bits per heavy atom. The van der Waals surface area contributed by atoms with Crippen LogP contribution in [0.5, 0.6) is 0 Å². The first-order valence-electron chi connectivity index (χ1n) is 7.75. The van der Waals surface area contributed by atoms with Gasteiger partial charge in [0.05, 0.1) is 12.8 Å². The Bertz CT molecular complexity index is 865. The molecule has 0 saturated carbocycles. The first-order valence-corrected chi connectivity index (χ1v) is 8.13. The zero-order chi connectivity index (χ0) is 17.6. The van der Waals surface area contributed by atoms with Gasteiger partial charge < -0.3 is 15.1 Å². The fourth-order valence-electron chi connectivity index (χ4n) is 2.27. The number of carbonyl (C=O) groups is 1. The van der Waals surface area contributed by atoms with E-state index in [1.165, 1.54) is 0 Å². The Labute approximate surface area is 150 Å². The Morgan fingerprint density at radius 3 is 2.76 bits per heavy atom.